The number of sulfonamides is 1. The molecule has 0 saturated carbocycles. The van der Waals surface area contributed by atoms with Crippen molar-refractivity contribution in [2.45, 2.75) is 39.2 Å². The molecule has 1 rings (SSSR count). The number of hydrogen-bond acceptors (Lipinski definition) is 4. The average molecular weight is 319 g/mol. The zero-order valence-electron chi connectivity index (χ0n) is 13.6. The van der Waals surface area contributed by atoms with E-state index in [0.29, 0.717) is 38.4 Å². The summed E-state index contributed by atoms with van der Waals surface area (Å²) in [6.07, 6.45) is 3.22. The molecule has 0 radical (unpaired) electrons. The summed E-state index contributed by atoms with van der Waals surface area (Å²) in [5, 5.41) is 0. The van der Waals surface area contributed by atoms with Crippen molar-refractivity contribution >= 4 is 15.9 Å². The van der Waals surface area contributed by atoms with Gasteiger partial charge in [-0.3, -0.25) is 4.79 Å². The Kier molecular flexibility index (Phi) is 6.62. The lowest BCUT2D eigenvalue weighted by Crippen LogP contribution is -2.44. The smallest absolute Gasteiger partial charge is 0.225 e. The standard InChI is InChI=1S/C14H29N3O3S/c1-11(2)13(15)7-8-16(3)14(18)12-5-9-17(10-6-12)21(4,19)20/h11-13H,5-10,15H2,1-4H3. The van der Waals surface area contributed by atoms with Gasteiger partial charge in [-0.1, -0.05) is 13.8 Å². The van der Waals surface area contributed by atoms with Crippen molar-refractivity contribution in [1.82, 2.24) is 9.21 Å². The van der Waals surface area contributed by atoms with Crippen LogP contribution in [0.1, 0.15) is 33.1 Å². The van der Waals surface area contributed by atoms with E-state index in [1.807, 2.05) is 0 Å². The first-order valence-corrected chi connectivity index (χ1v) is 9.43. The number of nitrogens with zero attached hydrogens (tertiary/aromatic N) is 2. The predicted octanol–water partition coefficient (Wildman–Crippen LogP) is 0.490. The summed E-state index contributed by atoms with van der Waals surface area (Å²) in [5.41, 5.74) is 6.00. The van der Waals surface area contributed by atoms with Crippen LogP contribution in [0.15, 0.2) is 0 Å². The number of rotatable bonds is 6. The fourth-order valence-corrected chi connectivity index (χ4v) is 3.41. The molecule has 1 saturated heterocycles. The van der Waals surface area contributed by atoms with Gasteiger partial charge in [-0.05, 0) is 25.2 Å². The zero-order chi connectivity index (χ0) is 16.2. The fraction of sp³-hybridized carbons (Fsp3) is 0.929. The molecule has 1 aliphatic heterocycles. The van der Waals surface area contributed by atoms with Crippen LogP contribution in [0, 0.1) is 11.8 Å². The normalized spacial score (nSPS) is 19.7. The van der Waals surface area contributed by atoms with Crippen molar-refractivity contribution in [3.63, 3.8) is 0 Å². The molecule has 0 aromatic rings. The summed E-state index contributed by atoms with van der Waals surface area (Å²) >= 11 is 0. The minimum atomic E-state index is -3.13. The lowest BCUT2D eigenvalue weighted by Gasteiger charge is -2.32. The number of carbonyl (C=O) groups is 1. The van der Waals surface area contributed by atoms with Crippen LogP contribution in [-0.4, -0.2) is 62.5 Å². The Morgan fingerprint density at radius 2 is 1.86 bits per heavy atom. The molecule has 1 aliphatic rings. The van der Waals surface area contributed by atoms with Crippen LogP contribution in [-0.2, 0) is 14.8 Å². The number of piperidine rings is 1. The summed E-state index contributed by atoms with van der Waals surface area (Å²) in [6, 6.07) is 0.104. The van der Waals surface area contributed by atoms with E-state index in [0.717, 1.165) is 6.42 Å². The molecule has 6 nitrogen and oxygen atoms in total. The summed E-state index contributed by atoms with van der Waals surface area (Å²) in [7, 11) is -1.33. The fourth-order valence-electron chi connectivity index (χ4n) is 2.53. The molecular formula is C14H29N3O3S. The molecule has 0 aliphatic carbocycles. The van der Waals surface area contributed by atoms with Crippen molar-refractivity contribution in [2.75, 3.05) is 32.9 Å². The molecule has 0 bridgehead atoms. The first-order chi connectivity index (χ1) is 9.62. The number of amides is 1. The Morgan fingerprint density at radius 1 is 1.33 bits per heavy atom. The SMILES string of the molecule is CC(C)C(N)CCN(C)C(=O)C1CCN(S(C)(=O)=O)CC1. The van der Waals surface area contributed by atoms with E-state index in [2.05, 4.69) is 13.8 Å². The first kappa shape index (κ1) is 18.4. The van der Waals surface area contributed by atoms with E-state index in [-0.39, 0.29) is 17.9 Å². The monoisotopic (exact) mass is 319 g/mol. The summed E-state index contributed by atoms with van der Waals surface area (Å²) < 4.78 is 24.4. The predicted molar refractivity (Wildman–Crippen MR) is 84.2 cm³/mol. The lowest BCUT2D eigenvalue weighted by molar-refractivity contribution is -0.135. The third-order valence-corrected chi connectivity index (χ3v) is 5.61. The minimum absolute atomic E-state index is 0.0664. The maximum absolute atomic E-state index is 12.4. The molecule has 7 heteroatoms. The Morgan fingerprint density at radius 3 is 2.29 bits per heavy atom. The van der Waals surface area contributed by atoms with Crippen molar-refractivity contribution in [2.24, 2.45) is 17.6 Å². The van der Waals surface area contributed by atoms with E-state index in [1.165, 1.54) is 10.6 Å². The van der Waals surface area contributed by atoms with Crippen molar-refractivity contribution < 1.29 is 13.2 Å². The minimum Gasteiger partial charge on any atom is -0.345 e. The summed E-state index contributed by atoms with van der Waals surface area (Å²) in [6.45, 7) is 5.69. The number of nitrogens with two attached hydrogens (primary N) is 1. The van der Waals surface area contributed by atoms with Gasteiger partial charge >= 0.3 is 0 Å². The molecule has 1 heterocycles. The summed E-state index contributed by atoms with van der Waals surface area (Å²) in [5.74, 6) is 0.453. The van der Waals surface area contributed by atoms with E-state index < -0.39 is 10.0 Å². The van der Waals surface area contributed by atoms with Crippen molar-refractivity contribution in [3.8, 4) is 0 Å². The summed E-state index contributed by atoms with van der Waals surface area (Å²) in [4.78, 5) is 14.1. The Labute approximate surface area is 128 Å². The average Bonchev–Trinajstić information content (AvgIpc) is 2.42. The maximum atomic E-state index is 12.4. The van der Waals surface area contributed by atoms with Crippen molar-refractivity contribution in [3.05, 3.63) is 0 Å². The van der Waals surface area contributed by atoms with Gasteiger partial charge in [0.15, 0.2) is 0 Å². The van der Waals surface area contributed by atoms with Crippen LogP contribution in [0.5, 0.6) is 0 Å². The third kappa shape index (κ3) is 5.56. The maximum Gasteiger partial charge on any atom is 0.225 e. The topological polar surface area (TPSA) is 83.7 Å². The molecule has 0 aromatic heterocycles. The third-order valence-electron chi connectivity index (χ3n) is 4.30. The van der Waals surface area contributed by atoms with Gasteiger partial charge in [-0.25, -0.2) is 12.7 Å². The van der Waals surface area contributed by atoms with Gasteiger partial charge in [0.1, 0.15) is 0 Å². The van der Waals surface area contributed by atoms with Crippen LogP contribution < -0.4 is 5.73 Å². The van der Waals surface area contributed by atoms with Gasteiger partial charge in [0, 0.05) is 38.6 Å². The second-order valence-electron chi connectivity index (χ2n) is 6.39. The quantitative estimate of drug-likeness (QED) is 0.772. The highest BCUT2D eigenvalue weighted by atomic mass is 32.2. The molecule has 124 valence electrons. The molecule has 1 atom stereocenters. The highest BCUT2D eigenvalue weighted by Gasteiger charge is 2.30. The van der Waals surface area contributed by atoms with Crippen LogP contribution in [0.25, 0.3) is 0 Å². The molecule has 0 spiro atoms. The molecule has 21 heavy (non-hydrogen) atoms. The van der Waals surface area contributed by atoms with Crippen molar-refractivity contribution in [1.29, 1.82) is 0 Å². The van der Waals surface area contributed by atoms with Crippen LogP contribution in [0.3, 0.4) is 0 Å². The highest BCUT2D eigenvalue weighted by molar-refractivity contribution is 7.88. The lowest BCUT2D eigenvalue weighted by atomic mass is 9.96. The van der Waals surface area contributed by atoms with Crippen LogP contribution in [0.2, 0.25) is 0 Å². The highest BCUT2D eigenvalue weighted by Crippen LogP contribution is 2.21. The first-order valence-electron chi connectivity index (χ1n) is 7.58. The van der Waals surface area contributed by atoms with E-state index in [9.17, 15) is 13.2 Å². The van der Waals surface area contributed by atoms with Gasteiger partial charge in [0.05, 0.1) is 6.26 Å². The molecule has 1 amide bonds. The molecule has 1 fully saturated rings. The van der Waals surface area contributed by atoms with Crippen LogP contribution in [0.4, 0.5) is 0 Å². The van der Waals surface area contributed by atoms with Gasteiger partial charge in [-0.2, -0.15) is 0 Å². The molecule has 0 aromatic carbocycles. The molecule has 1 unspecified atom stereocenters. The Bertz CT molecular complexity index is 442. The Hall–Kier alpha value is -0.660. The number of hydrogen-bond donors (Lipinski definition) is 1. The second kappa shape index (κ2) is 7.56. The second-order valence-corrected chi connectivity index (χ2v) is 8.38. The molecular weight excluding hydrogens is 290 g/mol. The van der Waals surface area contributed by atoms with Gasteiger partial charge in [0.25, 0.3) is 0 Å². The van der Waals surface area contributed by atoms with Gasteiger partial charge in [-0.15, -0.1) is 0 Å². The number of carbonyl (C=O) groups excluding carboxylic acids is 1. The van der Waals surface area contributed by atoms with Crippen LogP contribution >= 0.6 is 0 Å². The van der Waals surface area contributed by atoms with E-state index in [4.69, 9.17) is 5.73 Å². The van der Waals surface area contributed by atoms with E-state index in [1.54, 1.807) is 11.9 Å². The molecule has 2 N–H and O–H groups in total. The Balaban J connectivity index is 2.43. The van der Waals surface area contributed by atoms with Gasteiger partial charge in [0.2, 0.25) is 15.9 Å². The zero-order valence-corrected chi connectivity index (χ0v) is 14.4. The van der Waals surface area contributed by atoms with E-state index >= 15 is 0 Å². The van der Waals surface area contributed by atoms with Gasteiger partial charge < -0.3 is 10.6 Å². The largest absolute Gasteiger partial charge is 0.345 e.